The van der Waals surface area contributed by atoms with Gasteiger partial charge in [-0.2, -0.15) is 0 Å². The topological polar surface area (TPSA) is 25.4 Å². The molecule has 0 atom stereocenters. The Kier molecular flexibility index (Phi) is 3.28. The van der Waals surface area contributed by atoms with E-state index in [9.17, 15) is 4.39 Å². The smallest absolute Gasteiger partial charge is 0.146 e. The van der Waals surface area contributed by atoms with E-state index in [0.717, 1.165) is 31.9 Å². The van der Waals surface area contributed by atoms with Gasteiger partial charge in [0.25, 0.3) is 0 Å². The van der Waals surface area contributed by atoms with E-state index in [0.29, 0.717) is 12.2 Å². The minimum Gasteiger partial charge on any atom is -0.379 e. The summed E-state index contributed by atoms with van der Waals surface area (Å²) in [5, 5.41) is 0. The van der Waals surface area contributed by atoms with Crippen molar-refractivity contribution in [2.45, 2.75) is 13.5 Å². The molecule has 4 heteroatoms. The van der Waals surface area contributed by atoms with Gasteiger partial charge in [0.2, 0.25) is 0 Å². The van der Waals surface area contributed by atoms with Crippen LogP contribution in [0.2, 0.25) is 0 Å². The van der Waals surface area contributed by atoms with Crippen LogP contribution in [0.15, 0.2) is 12.3 Å². The molecule has 3 nitrogen and oxygen atoms in total. The second kappa shape index (κ2) is 4.68. The molecular formula is C11H15FN2O. The third kappa shape index (κ3) is 2.73. The molecule has 0 N–H and O–H groups in total. The number of hydrogen-bond acceptors (Lipinski definition) is 3. The predicted octanol–water partition coefficient (Wildman–Crippen LogP) is 1.36. The summed E-state index contributed by atoms with van der Waals surface area (Å²) in [6.45, 7) is 5.59. The van der Waals surface area contributed by atoms with Crippen molar-refractivity contribution in [1.82, 2.24) is 9.88 Å². The molecule has 0 aromatic carbocycles. The molecule has 0 amide bonds. The molecule has 0 radical (unpaired) electrons. The highest BCUT2D eigenvalue weighted by Crippen LogP contribution is 2.10. The monoisotopic (exact) mass is 210 g/mol. The Morgan fingerprint density at radius 2 is 2.20 bits per heavy atom. The Labute approximate surface area is 88.9 Å². The highest BCUT2D eigenvalue weighted by Gasteiger charge is 2.13. The Morgan fingerprint density at radius 3 is 2.87 bits per heavy atom. The SMILES string of the molecule is Cc1cnc(CN2CCOCC2)c(F)c1. The number of ether oxygens (including phenoxy) is 1. The van der Waals surface area contributed by atoms with Crippen LogP contribution in [-0.2, 0) is 11.3 Å². The summed E-state index contributed by atoms with van der Waals surface area (Å²) >= 11 is 0. The molecule has 1 aromatic heterocycles. The first-order valence-electron chi connectivity index (χ1n) is 5.17. The average molecular weight is 210 g/mol. The number of pyridine rings is 1. The van der Waals surface area contributed by atoms with Crippen molar-refractivity contribution in [2.75, 3.05) is 26.3 Å². The molecule has 0 unspecified atom stereocenters. The maximum Gasteiger partial charge on any atom is 0.146 e. The van der Waals surface area contributed by atoms with Crippen LogP contribution >= 0.6 is 0 Å². The van der Waals surface area contributed by atoms with E-state index < -0.39 is 0 Å². The van der Waals surface area contributed by atoms with Crippen molar-refractivity contribution < 1.29 is 9.13 Å². The van der Waals surface area contributed by atoms with Gasteiger partial charge in [-0.05, 0) is 18.6 Å². The number of aromatic nitrogens is 1. The summed E-state index contributed by atoms with van der Waals surface area (Å²) in [6.07, 6.45) is 1.71. The number of aryl methyl sites for hydroxylation is 1. The van der Waals surface area contributed by atoms with Crippen LogP contribution in [-0.4, -0.2) is 36.2 Å². The van der Waals surface area contributed by atoms with E-state index in [2.05, 4.69) is 9.88 Å². The Balaban J connectivity index is 2.03. The zero-order valence-corrected chi connectivity index (χ0v) is 8.87. The van der Waals surface area contributed by atoms with Crippen molar-refractivity contribution in [1.29, 1.82) is 0 Å². The van der Waals surface area contributed by atoms with E-state index >= 15 is 0 Å². The maximum atomic E-state index is 13.5. The van der Waals surface area contributed by atoms with E-state index in [-0.39, 0.29) is 5.82 Å². The summed E-state index contributed by atoms with van der Waals surface area (Å²) in [5.41, 5.74) is 1.39. The summed E-state index contributed by atoms with van der Waals surface area (Å²) in [4.78, 5) is 6.27. The first-order chi connectivity index (χ1) is 7.25. The Hall–Kier alpha value is -1.00. The lowest BCUT2D eigenvalue weighted by molar-refractivity contribution is 0.0331. The molecule has 15 heavy (non-hydrogen) atoms. The lowest BCUT2D eigenvalue weighted by Gasteiger charge is -2.26. The molecular weight excluding hydrogens is 195 g/mol. The van der Waals surface area contributed by atoms with Crippen molar-refractivity contribution in [3.05, 3.63) is 29.3 Å². The molecule has 0 saturated carbocycles. The second-order valence-electron chi connectivity index (χ2n) is 3.83. The maximum absolute atomic E-state index is 13.5. The normalized spacial score (nSPS) is 18.0. The molecule has 1 aliphatic heterocycles. The Morgan fingerprint density at radius 1 is 1.47 bits per heavy atom. The molecule has 0 spiro atoms. The van der Waals surface area contributed by atoms with Gasteiger partial charge in [0.15, 0.2) is 0 Å². The lowest BCUT2D eigenvalue weighted by atomic mass is 10.2. The molecule has 82 valence electrons. The lowest BCUT2D eigenvalue weighted by Crippen LogP contribution is -2.36. The zero-order valence-electron chi connectivity index (χ0n) is 8.87. The van der Waals surface area contributed by atoms with E-state index in [4.69, 9.17) is 4.74 Å². The number of rotatable bonds is 2. The zero-order chi connectivity index (χ0) is 10.7. The summed E-state index contributed by atoms with van der Waals surface area (Å²) in [7, 11) is 0. The van der Waals surface area contributed by atoms with E-state index in [1.807, 2.05) is 6.92 Å². The first kappa shape index (κ1) is 10.5. The summed E-state index contributed by atoms with van der Waals surface area (Å²) in [6, 6.07) is 1.53. The second-order valence-corrected chi connectivity index (χ2v) is 3.83. The molecule has 1 aromatic rings. The van der Waals surface area contributed by atoms with E-state index in [1.54, 1.807) is 6.20 Å². The molecule has 0 aliphatic carbocycles. The number of morpholine rings is 1. The van der Waals surface area contributed by atoms with Crippen LogP contribution in [0.1, 0.15) is 11.3 Å². The van der Waals surface area contributed by atoms with Gasteiger partial charge in [-0.25, -0.2) is 4.39 Å². The van der Waals surface area contributed by atoms with Gasteiger partial charge in [-0.15, -0.1) is 0 Å². The molecule has 0 bridgehead atoms. The fourth-order valence-electron chi connectivity index (χ4n) is 1.65. The van der Waals surface area contributed by atoms with Crippen LogP contribution in [0, 0.1) is 12.7 Å². The van der Waals surface area contributed by atoms with Crippen molar-refractivity contribution in [3.8, 4) is 0 Å². The first-order valence-corrected chi connectivity index (χ1v) is 5.17. The molecule has 1 aliphatic rings. The fraction of sp³-hybridized carbons (Fsp3) is 0.545. The van der Waals surface area contributed by atoms with Gasteiger partial charge < -0.3 is 4.74 Å². The minimum atomic E-state index is -0.207. The average Bonchev–Trinajstić information content (AvgIpc) is 2.24. The highest BCUT2D eigenvalue weighted by molar-refractivity contribution is 5.14. The molecule has 1 saturated heterocycles. The standard InChI is InChI=1S/C11H15FN2O/c1-9-6-10(12)11(13-7-9)8-14-2-4-15-5-3-14/h6-7H,2-5,8H2,1H3. The van der Waals surface area contributed by atoms with Gasteiger partial charge in [0.05, 0.1) is 18.9 Å². The largest absolute Gasteiger partial charge is 0.379 e. The van der Waals surface area contributed by atoms with Gasteiger partial charge in [0.1, 0.15) is 5.82 Å². The fourth-order valence-corrected chi connectivity index (χ4v) is 1.65. The van der Waals surface area contributed by atoms with Gasteiger partial charge in [-0.3, -0.25) is 9.88 Å². The van der Waals surface area contributed by atoms with Crippen molar-refractivity contribution in [3.63, 3.8) is 0 Å². The minimum absolute atomic E-state index is 0.207. The number of halogens is 1. The van der Waals surface area contributed by atoms with E-state index in [1.165, 1.54) is 6.07 Å². The van der Waals surface area contributed by atoms with Gasteiger partial charge >= 0.3 is 0 Å². The van der Waals surface area contributed by atoms with Crippen LogP contribution in [0.4, 0.5) is 4.39 Å². The van der Waals surface area contributed by atoms with Crippen LogP contribution in [0.25, 0.3) is 0 Å². The van der Waals surface area contributed by atoms with Crippen molar-refractivity contribution in [2.24, 2.45) is 0 Å². The highest BCUT2D eigenvalue weighted by atomic mass is 19.1. The quantitative estimate of drug-likeness (QED) is 0.737. The van der Waals surface area contributed by atoms with Crippen LogP contribution in [0.5, 0.6) is 0 Å². The summed E-state index contributed by atoms with van der Waals surface area (Å²) in [5.74, 6) is -0.207. The number of hydrogen-bond donors (Lipinski definition) is 0. The van der Waals surface area contributed by atoms with Crippen molar-refractivity contribution >= 4 is 0 Å². The van der Waals surface area contributed by atoms with Crippen LogP contribution in [0.3, 0.4) is 0 Å². The predicted molar refractivity (Wildman–Crippen MR) is 55.0 cm³/mol. The molecule has 2 rings (SSSR count). The third-order valence-corrected chi connectivity index (χ3v) is 2.53. The third-order valence-electron chi connectivity index (χ3n) is 2.53. The summed E-state index contributed by atoms with van der Waals surface area (Å²) < 4.78 is 18.7. The number of nitrogens with zero attached hydrogens (tertiary/aromatic N) is 2. The molecule has 1 fully saturated rings. The Bertz CT molecular complexity index is 337. The van der Waals surface area contributed by atoms with Gasteiger partial charge in [-0.1, -0.05) is 0 Å². The van der Waals surface area contributed by atoms with Crippen LogP contribution < -0.4 is 0 Å². The van der Waals surface area contributed by atoms with Gasteiger partial charge in [0, 0.05) is 25.8 Å². The molecule has 2 heterocycles.